The number of para-hydroxylation sites is 1. The van der Waals surface area contributed by atoms with Crippen LogP contribution >= 0.6 is 0 Å². The molecule has 0 saturated carbocycles. The number of amidine groups is 1. The van der Waals surface area contributed by atoms with Gasteiger partial charge in [-0.05, 0) is 18.2 Å². The standard InChI is InChI=1S/C24H25F3N6O4/c1-30-18-5-3-2-4-17(18)19(28)22(35)33-10-11-37-13-16(33)12-31-21(34)15-8-6-14(7-9-15)20(29)32-23(36)24(25,26)27/h2-9,16,28,30H,10-13H2,1H3,(H,31,34)(H2,29,32,36). The zero-order chi connectivity index (χ0) is 27.2. The van der Waals surface area contributed by atoms with Crippen molar-refractivity contribution in [2.24, 2.45) is 0 Å². The monoisotopic (exact) mass is 518 g/mol. The van der Waals surface area contributed by atoms with E-state index in [9.17, 15) is 27.6 Å². The molecule has 13 heteroatoms. The molecule has 0 spiro atoms. The molecule has 2 aromatic rings. The maximum absolute atomic E-state index is 13.1. The van der Waals surface area contributed by atoms with Crippen LogP contribution in [0.3, 0.4) is 0 Å². The smallest absolute Gasteiger partial charge is 0.388 e. The van der Waals surface area contributed by atoms with Gasteiger partial charge in [0, 0.05) is 42.5 Å². The van der Waals surface area contributed by atoms with E-state index in [0.29, 0.717) is 11.3 Å². The van der Waals surface area contributed by atoms with E-state index in [-0.39, 0.29) is 43.1 Å². The number of nitrogens with zero attached hydrogens (tertiary/aromatic N) is 1. The molecule has 0 aromatic heterocycles. The quantitative estimate of drug-likeness (QED) is 0.280. The number of rotatable bonds is 7. The average Bonchev–Trinajstić information content (AvgIpc) is 2.90. The Morgan fingerprint density at radius 3 is 2.35 bits per heavy atom. The van der Waals surface area contributed by atoms with Crippen molar-refractivity contribution < 1.29 is 32.3 Å². The Balaban J connectivity index is 1.62. The van der Waals surface area contributed by atoms with E-state index < -0.39 is 35.8 Å². The first-order valence-corrected chi connectivity index (χ1v) is 11.1. The Morgan fingerprint density at radius 2 is 1.70 bits per heavy atom. The molecule has 5 N–H and O–H groups in total. The fourth-order valence-corrected chi connectivity index (χ4v) is 3.63. The lowest BCUT2D eigenvalue weighted by atomic mass is 10.1. The lowest BCUT2D eigenvalue weighted by Crippen LogP contribution is -2.55. The minimum absolute atomic E-state index is 0.0213. The molecule has 196 valence electrons. The molecule has 1 aliphatic rings. The lowest BCUT2D eigenvalue weighted by Gasteiger charge is -2.36. The Bertz CT molecular complexity index is 1200. The van der Waals surface area contributed by atoms with Crippen LogP contribution in [0.25, 0.3) is 0 Å². The number of anilines is 1. The van der Waals surface area contributed by atoms with E-state index in [1.165, 1.54) is 34.5 Å². The summed E-state index contributed by atoms with van der Waals surface area (Å²) in [5.41, 5.74) is 1.02. The summed E-state index contributed by atoms with van der Waals surface area (Å²) in [6.07, 6.45) is -5.13. The van der Waals surface area contributed by atoms with Crippen LogP contribution in [0.1, 0.15) is 21.5 Å². The minimum Gasteiger partial charge on any atom is -0.388 e. The second-order valence-electron chi connectivity index (χ2n) is 8.01. The summed E-state index contributed by atoms with van der Waals surface area (Å²) in [4.78, 5) is 38.2. The molecule has 0 bridgehead atoms. The number of alkyl halides is 3. The van der Waals surface area contributed by atoms with Gasteiger partial charge < -0.3 is 25.6 Å². The van der Waals surface area contributed by atoms with E-state index in [0.717, 1.165) is 0 Å². The zero-order valence-electron chi connectivity index (χ0n) is 19.7. The highest BCUT2D eigenvalue weighted by Crippen LogP contribution is 2.18. The van der Waals surface area contributed by atoms with Crippen molar-refractivity contribution in [2.45, 2.75) is 12.2 Å². The van der Waals surface area contributed by atoms with Gasteiger partial charge in [-0.25, -0.2) is 0 Å². The molecule has 10 nitrogen and oxygen atoms in total. The number of benzene rings is 2. The fourth-order valence-electron chi connectivity index (χ4n) is 3.63. The Kier molecular flexibility index (Phi) is 8.60. The maximum atomic E-state index is 13.1. The summed E-state index contributed by atoms with van der Waals surface area (Å²) >= 11 is 0. The molecule has 0 aliphatic carbocycles. The number of hydrogen-bond donors (Lipinski definition) is 5. The maximum Gasteiger partial charge on any atom is 0.471 e. The van der Waals surface area contributed by atoms with Gasteiger partial charge in [-0.15, -0.1) is 0 Å². The zero-order valence-corrected chi connectivity index (χ0v) is 19.7. The predicted molar refractivity (Wildman–Crippen MR) is 129 cm³/mol. The van der Waals surface area contributed by atoms with Crippen LogP contribution in [0.5, 0.6) is 0 Å². The minimum atomic E-state index is -5.13. The van der Waals surface area contributed by atoms with Gasteiger partial charge in [0.05, 0.1) is 19.3 Å². The van der Waals surface area contributed by atoms with E-state index in [4.69, 9.17) is 15.6 Å². The molecule has 1 aliphatic heterocycles. The van der Waals surface area contributed by atoms with Crippen LogP contribution in [0.2, 0.25) is 0 Å². The molecule has 37 heavy (non-hydrogen) atoms. The first-order chi connectivity index (χ1) is 17.5. The largest absolute Gasteiger partial charge is 0.471 e. The van der Waals surface area contributed by atoms with E-state index in [1.54, 1.807) is 31.3 Å². The highest BCUT2D eigenvalue weighted by atomic mass is 19.4. The number of carbonyl (C=O) groups is 3. The van der Waals surface area contributed by atoms with Crippen LogP contribution in [-0.4, -0.2) is 79.7 Å². The third-order valence-corrected chi connectivity index (χ3v) is 5.60. The summed E-state index contributed by atoms with van der Waals surface area (Å²) in [5, 5.41) is 23.1. The normalized spacial score (nSPS) is 15.5. The SMILES string of the molecule is CNc1ccccc1C(=N)C(=O)N1CCOCC1CNC(=O)c1ccc(C(=N)NC(=O)C(F)(F)F)cc1. The first kappa shape index (κ1) is 27.3. The van der Waals surface area contributed by atoms with Crippen LogP contribution in [0.4, 0.5) is 18.9 Å². The highest BCUT2D eigenvalue weighted by molar-refractivity contribution is 6.45. The fraction of sp³-hybridized carbons (Fsp3) is 0.292. The number of amides is 3. The third-order valence-electron chi connectivity index (χ3n) is 5.60. The molecule has 1 atom stereocenters. The van der Waals surface area contributed by atoms with Gasteiger partial charge in [-0.1, -0.05) is 30.3 Å². The molecule has 3 amide bonds. The first-order valence-electron chi connectivity index (χ1n) is 11.1. The number of ether oxygens (including phenoxy) is 1. The summed E-state index contributed by atoms with van der Waals surface area (Å²) in [6, 6.07) is 11.5. The van der Waals surface area contributed by atoms with Gasteiger partial charge in [0.15, 0.2) is 0 Å². The molecule has 1 fully saturated rings. The summed E-state index contributed by atoms with van der Waals surface area (Å²) in [5.74, 6) is -4.05. The van der Waals surface area contributed by atoms with Crippen LogP contribution in [-0.2, 0) is 14.3 Å². The van der Waals surface area contributed by atoms with E-state index >= 15 is 0 Å². The second kappa shape index (κ2) is 11.6. The number of carbonyl (C=O) groups excluding carboxylic acids is 3. The molecule has 1 saturated heterocycles. The second-order valence-corrected chi connectivity index (χ2v) is 8.01. The molecular weight excluding hydrogens is 493 g/mol. The van der Waals surface area contributed by atoms with Gasteiger partial charge in [0.25, 0.3) is 11.8 Å². The predicted octanol–water partition coefficient (Wildman–Crippen LogP) is 1.76. The topological polar surface area (TPSA) is 147 Å². The number of morpholine rings is 1. The van der Waals surface area contributed by atoms with Gasteiger partial charge in [0.1, 0.15) is 11.5 Å². The Morgan fingerprint density at radius 1 is 1.05 bits per heavy atom. The highest BCUT2D eigenvalue weighted by Gasteiger charge is 2.39. The molecule has 1 heterocycles. The van der Waals surface area contributed by atoms with Crippen LogP contribution in [0, 0.1) is 10.8 Å². The average molecular weight is 518 g/mol. The van der Waals surface area contributed by atoms with Crippen molar-refractivity contribution >= 4 is 35.0 Å². The third kappa shape index (κ3) is 6.70. The van der Waals surface area contributed by atoms with Gasteiger partial charge >= 0.3 is 12.1 Å². The van der Waals surface area contributed by atoms with Gasteiger partial charge in [-0.2, -0.15) is 13.2 Å². The number of hydrogen-bond acceptors (Lipinski definition) is 7. The Hall–Kier alpha value is -4.26. The van der Waals surface area contributed by atoms with E-state index in [1.807, 2.05) is 0 Å². The summed E-state index contributed by atoms with van der Waals surface area (Å²) in [7, 11) is 1.69. The van der Waals surface area contributed by atoms with Crippen molar-refractivity contribution in [3.8, 4) is 0 Å². The molecule has 1 unspecified atom stereocenters. The van der Waals surface area contributed by atoms with Crippen molar-refractivity contribution in [1.29, 1.82) is 10.8 Å². The van der Waals surface area contributed by atoms with Gasteiger partial charge in [0.2, 0.25) is 0 Å². The van der Waals surface area contributed by atoms with Crippen LogP contribution < -0.4 is 16.0 Å². The Labute approximate surface area is 210 Å². The molecule has 2 aromatic carbocycles. The summed E-state index contributed by atoms with van der Waals surface area (Å²) in [6.45, 7) is 0.714. The van der Waals surface area contributed by atoms with Crippen molar-refractivity contribution in [1.82, 2.24) is 15.5 Å². The molecule has 0 radical (unpaired) electrons. The van der Waals surface area contributed by atoms with E-state index in [2.05, 4.69) is 10.6 Å². The van der Waals surface area contributed by atoms with Crippen molar-refractivity contribution in [3.05, 3.63) is 65.2 Å². The number of nitrogens with one attached hydrogen (secondary N) is 5. The summed E-state index contributed by atoms with van der Waals surface area (Å²) < 4.78 is 42.6. The lowest BCUT2D eigenvalue weighted by molar-refractivity contribution is -0.171. The van der Waals surface area contributed by atoms with Crippen molar-refractivity contribution in [2.75, 3.05) is 38.7 Å². The molecular formula is C24H25F3N6O4. The number of halogens is 3. The van der Waals surface area contributed by atoms with Crippen LogP contribution in [0.15, 0.2) is 48.5 Å². The molecule has 3 rings (SSSR count). The van der Waals surface area contributed by atoms with Gasteiger partial charge in [-0.3, -0.25) is 25.2 Å². The van der Waals surface area contributed by atoms with Crippen molar-refractivity contribution in [3.63, 3.8) is 0 Å².